The number of amides is 3. The number of nitrogens with two attached hydrogens (primary N) is 1. The van der Waals surface area contributed by atoms with Gasteiger partial charge in [-0.1, -0.05) is 0 Å². The first-order valence-electron chi connectivity index (χ1n) is 6.14. The highest BCUT2D eigenvalue weighted by atomic mass is 16.5. The highest BCUT2D eigenvalue weighted by Crippen LogP contribution is 2.18. The number of hydrogen-bond donors (Lipinski definition) is 3. The van der Waals surface area contributed by atoms with Crippen LogP contribution < -0.4 is 11.1 Å². The zero-order valence-electron chi connectivity index (χ0n) is 10.4. The van der Waals surface area contributed by atoms with E-state index in [1.165, 1.54) is 4.90 Å². The first kappa shape index (κ1) is 13.6. The summed E-state index contributed by atoms with van der Waals surface area (Å²) in [6.45, 7) is 1.03. The monoisotopic (exact) mass is 271 g/mol. The molecule has 3 unspecified atom stereocenters. The van der Waals surface area contributed by atoms with Gasteiger partial charge in [0.05, 0.1) is 25.2 Å². The molecule has 8 heteroatoms. The normalized spacial score (nSPS) is 30.3. The first-order chi connectivity index (χ1) is 8.99. The number of rotatable bonds is 3. The van der Waals surface area contributed by atoms with Crippen molar-refractivity contribution in [1.82, 2.24) is 10.2 Å². The van der Waals surface area contributed by atoms with Crippen molar-refractivity contribution in [2.45, 2.75) is 12.5 Å². The molecule has 0 aromatic carbocycles. The van der Waals surface area contributed by atoms with Crippen molar-refractivity contribution in [3.05, 3.63) is 0 Å². The van der Waals surface area contributed by atoms with E-state index in [9.17, 15) is 14.4 Å². The van der Waals surface area contributed by atoms with Crippen molar-refractivity contribution in [2.75, 3.05) is 26.3 Å². The molecule has 0 radical (unpaired) electrons. The van der Waals surface area contributed by atoms with Gasteiger partial charge in [-0.15, -0.1) is 0 Å². The average molecular weight is 271 g/mol. The van der Waals surface area contributed by atoms with Gasteiger partial charge < -0.3 is 25.8 Å². The van der Waals surface area contributed by atoms with E-state index in [-0.39, 0.29) is 31.7 Å². The van der Waals surface area contributed by atoms with Crippen LogP contribution in [0.15, 0.2) is 0 Å². The Kier molecular flexibility index (Phi) is 3.89. The quantitative estimate of drug-likeness (QED) is 0.583. The van der Waals surface area contributed by atoms with Crippen LogP contribution in [-0.2, 0) is 14.3 Å². The second-order valence-corrected chi connectivity index (χ2v) is 4.87. The number of nitrogens with zero attached hydrogens (tertiary/aromatic N) is 1. The fourth-order valence-corrected chi connectivity index (χ4v) is 2.37. The standard InChI is InChI=1S/C11H17N3O5/c12-9(15)6-1-2-14(3-6)11(18)13-8-5-19-4-7(8)10(16)17/h6-8H,1-5H2,(H2,12,15)(H,13,18)(H,16,17). The number of carboxylic acids is 1. The zero-order chi connectivity index (χ0) is 14.0. The molecular formula is C11H17N3O5. The Morgan fingerprint density at radius 1 is 1.32 bits per heavy atom. The van der Waals surface area contributed by atoms with Crippen LogP contribution in [-0.4, -0.2) is 60.3 Å². The fraction of sp³-hybridized carbons (Fsp3) is 0.727. The van der Waals surface area contributed by atoms with Crippen molar-refractivity contribution in [3.63, 3.8) is 0 Å². The summed E-state index contributed by atoms with van der Waals surface area (Å²) in [6.07, 6.45) is 0.548. The molecule has 8 nitrogen and oxygen atoms in total. The van der Waals surface area contributed by atoms with Crippen molar-refractivity contribution < 1.29 is 24.2 Å². The van der Waals surface area contributed by atoms with Crippen LogP contribution in [0.1, 0.15) is 6.42 Å². The van der Waals surface area contributed by atoms with E-state index in [0.717, 1.165) is 0 Å². The van der Waals surface area contributed by atoms with Crippen LogP contribution in [0, 0.1) is 11.8 Å². The molecule has 3 atom stereocenters. The summed E-state index contributed by atoms with van der Waals surface area (Å²) >= 11 is 0. The Balaban J connectivity index is 1.88. The molecule has 0 saturated carbocycles. The molecule has 2 rings (SSSR count). The average Bonchev–Trinajstić information content (AvgIpc) is 2.96. The van der Waals surface area contributed by atoms with Crippen molar-refractivity contribution in [2.24, 2.45) is 17.6 Å². The lowest BCUT2D eigenvalue weighted by Gasteiger charge is -2.21. The summed E-state index contributed by atoms with van der Waals surface area (Å²) in [5, 5.41) is 11.6. The molecule has 0 aliphatic carbocycles. The summed E-state index contributed by atoms with van der Waals surface area (Å²) in [6, 6.07) is -0.900. The molecule has 106 valence electrons. The van der Waals surface area contributed by atoms with Crippen LogP contribution in [0.4, 0.5) is 4.79 Å². The van der Waals surface area contributed by atoms with Crippen molar-refractivity contribution >= 4 is 17.9 Å². The maximum atomic E-state index is 12.0. The number of aliphatic carboxylic acids is 1. The van der Waals surface area contributed by atoms with Gasteiger partial charge in [-0.2, -0.15) is 0 Å². The lowest BCUT2D eigenvalue weighted by Crippen LogP contribution is -2.48. The van der Waals surface area contributed by atoms with Crippen LogP contribution >= 0.6 is 0 Å². The summed E-state index contributed by atoms with van der Waals surface area (Å²) in [5.74, 6) is -2.44. The minimum atomic E-state index is -0.987. The van der Waals surface area contributed by atoms with Gasteiger partial charge in [0.2, 0.25) is 5.91 Å². The van der Waals surface area contributed by atoms with Gasteiger partial charge in [0.25, 0.3) is 0 Å². The second kappa shape index (κ2) is 5.43. The largest absolute Gasteiger partial charge is 0.481 e. The maximum absolute atomic E-state index is 12.0. The molecule has 0 spiro atoms. The van der Waals surface area contributed by atoms with Gasteiger partial charge >= 0.3 is 12.0 Å². The summed E-state index contributed by atoms with van der Waals surface area (Å²) < 4.78 is 5.07. The number of hydrogen-bond acceptors (Lipinski definition) is 4. The Hall–Kier alpha value is -1.83. The summed E-state index contributed by atoms with van der Waals surface area (Å²) in [4.78, 5) is 35.4. The number of nitrogens with one attached hydrogen (secondary N) is 1. The fourth-order valence-electron chi connectivity index (χ4n) is 2.37. The maximum Gasteiger partial charge on any atom is 0.317 e. The van der Waals surface area contributed by atoms with E-state index in [2.05, 4.69) is 5.32 Å². The summed E-state index contributed by atoms with van der Waals surface area (Å²) in [5.41, 5.74) is 5.19. The number of ether oxygens (including phenoxy) is 1. The Labute approximate surface area is 109 Å². The molecule has 2 heterocycles. The molecule has 0 bridgehead atoms. The molecule has 19 heavy (non-hydrogen) atoms. The molecule has 3 amide bonds. The van der Waals surface area contributed by atoms with Gasteiger partial charge in [0, 0.05) is 13.1 Å². The number of carbonyl (C=O) groups is 3. The topological polar surface area (TPSA) is 122 Å². The lowest BCUT2D eigenvalue weighted by molar-refractivity contribution is -0.142. The molecule has 2 aliphatic rings. The van der Waals surface area contributed by atoms with Gasteiger partial charge in [0.15, 0.2) is 0 Å². The highest BCUT2D eigenvalue weighted by Gasteiger charge is 2.37. The second-order valence-electron chi connectivity index (χ2n) is 4.87. The van der Waals surface area contributed by atoms with Gasteiger partial charge in [0.1, 0.15) is 5.92 Å². The summed E-state index contributed by atoms with van der Waals surface area (Å²) in [7, 11) is 0. The Morgan fingerprint density at radius 2 is 2.05 bits per heavy atom. The lowest BCUT2D eigenvalue weighted by atomic mass is 10.0. The molecule has 2 saturated heterocycles. The molecule has 2 aliphatic heterocycles. The minimum absolute atomic E-state index is 0.101. The number of likely N-dealkylation sites (tertiary alicyclic amines) is 1. The van der Waals surface area contributed by atoms with Gasteiger partial charge in [-0.05, 0) is 6.42 Å². The minimum Gasteiger partial charge on any atom is -0.481 e. The predicted molar refractivity (Wildman–Crippen MR) is 63.1 cm³/mol. The van der Waals surface area contributed by atoms with E-state index in [1.807, 2.05) is 0 Å². The van der Waals surface area contributed by atoms with E-state index < -0.39 is 23.8 Å². The molecule has 0 aromatic heterocycles. The van der Waals surface area contributed by atoms with E-state index >= 15 is 0 Å². The molecular weight excluding hydrogens is 254 g/mol. The van der Waals surface area contributed by atoms with Gasteiger partial charge in [-0.25, -0.2) is 4.79 Å². The third-order valence-electron chi connectivity index (χ3n) is 3.58. The SMILES string of the molecule is NC(=O)C1CCN(C(=O)NC2COCC2C(=O)O)C1. The van der Waals surface area contributed by atoms with E-state index in [4.69, 9.17) is 15.6 Å². The number of urea groups is 1. The third-order valence-corrected chi connectivity index (χ3v) is 3.58. The van der Waals surface area contributed by atoms with Gasteiger partial charge in [-0.3, -0.25) is 9.59 Å². The van der Waals surface area contributed by atoms with Crippen LogP contribution in [0.5, 0.6) is 0 Å². The van der Waals surface area contributed by atoms with Crippen LogP contribution in [0.2, 0.25) is 0 Å². The molecule has 4 N–H and O–H groups in total. The van der Waals surface area contributed by atoms with E-state index in [0.29, 0.717) is 13.0 Å². The van der Waals surface area contributed by atoms with Crippen molar-refractivity contribution in [3.8, 4) is 0 Å². The van der Waals surface area contributed by atoms with Crippen LogP contribution in [0.3, 0.4) is 0 Å². The first-order valence-corrected chi connectivity index (χ1v) is 6.14. The molecule has 2 fully saturated rings. The zero-order valence-corrected chi connectivity index (χ0v) is 10.4. The third kappa shape index (κ3) is 2.95. The van der Waals surface area contributed by atoms with Crippen LogP contribution in [0.25, 0.3) is 0 Å². The number of carbonyl (C=O) groups excluding carboxylic acids is 2. The smallest absolute Gasteiger partial charge is 0.317 e. The number of primary amides is 1. The Bertz CT molecular complexity index is 400. The predicted octanol–water partition coefficient (Wildman–Crippen LogP) is -1.40. The van der Waals surface area contributed by atoms with E-state index in [1.54, 1.807) is 0 Å². The number of carboxylic acid groups (broad SMARTS) is 1. The Morgan fingerprint density at radius 3 is 2.63 bits per heavy atom. The molecule has 0 aromatic rings. The highest BCUT2D eigenvalue weighted by molar-refractivity contribution is 5.81. The van der Waals surface area contributed by atoms with Crippen molar-refractivity contribution in [1.29, 1.82) is 0 Å².